The van der Waals surface area contributed by atoms with Crippen molar-refractivity contribution in [3.8, 4) is 0 Å². The smallest absolute Gasteiger partial charge is 0.337 e. The minimum absolute atomic E-state index is 0.385. The quantitative estimate of drug-likeness (QED) is 0.683. The molecule has 27 heavy (non-hydrogen) atoms. The van der Waals surface area contributed by atoms with Gasteiger partial charge in [0, 0.05) is 26.2 Å². The zero-order valence-electron chi connectivity index (χ0n) is 14.9. The van der Waals surface area contributed by atoms with Crippen LogP contribution in [-0.4, -0.2) is 72.6 Å². The second-order valence-electron chi connectivity index (χ2n) is 5.86. The molecule has 10 heteroatoms. The van der Waals surface area contributed by atoms with Crippen LogP contribution in [0.5, 0.6) is 0 Å². The zero-order valence-corrected chi connectivity index (χ0v) is 15.7. The highest BCUT2D eigenvalue weighted by atomic mass is 35.5. The Morgan fingerprint density at radius 2 is 2.19 bits per heavy atom. The molecule has 3 rings (SSSR count). The molecule has 144 valence electrons. The number of aromatic nitrogens is 3. The standard InChI is InChI=1S/C17H21ClN6O3/c1-26-16(25)12-2-3-13(18)14(10-12)21-15-11-20-23-17(22-15)19-4-5-24-6-8-27-9-7-24/h2-3,10-11H,4-9H2,1H3,(H2,19,21,22,23). The van der Waals surface area contributed by atoms with Gasteiger partial charge in [-0.25, -0.2) is 4.79 Å². The van der Waals surface area contributed by atoms with Crippen LogP contribution in [0.25, 0.3) is 0 Å². The molecule has 2 N–H and O–H groups in total. The third-order valence-corrected chi connectivity index (χ3v) is 4.35. The van der Waals surface area contributed by atoms with Crippen LogP contribution in [0, 0.1) is 0 Å². The fourth-order valence-electron chi connectivity index (χ4n) is 2.59. The van der Waals surface area contributed by atoms with Gasteiger partial charge < -0.3 is 20.1 Å². The van der Waals surface area contributed by atoms with Crippen molar-refractivity contribution < 1.29 is 14.3 Å². The molecule has 1 aromatic carbocycles. The number of benzene rings is 1. The third kappa shape index (κ3) is 5.49. The number of ether oxygens (including phenoxy) is 2. The van der Waals surface area contributed by atoms with Gasteiger partial charge in [0.2, 0.25) is 5.95 Å². The number of nitrogens with zero attached hydrogens (tertiary/aromatic N) is 4. The monoisotopic (exact) mass is 392 g/mol. The summed E-state index contributed by atoms with van der Waals surface area (Å²) < 4.78 is 10.1. The van der Waals surface area contributed by atoms with Gasteiger partial charge in [-0.3, -0.25) is 4.90 Å². The van der Waals surface area contributed by atoms with E-state index in [9.17, 15) is 4.79 Å². The van der Waals surface area contributed by atoms with Gasteiger partial charge in [-0.2, -0.15) is 10.1 Å². The Hall–Kier alpha value is -2.49. The van der Waals surface area contributed by atoms with Crippen molar-refractivity contribution in [1.82, 2.24) is 20.1 Å². The lowest BCUT2D eigenvalue weighted by Crippen LogP contribution is -2.39. The van der Waals surface area contributed by atoms with Crippen molar-refractivity contribution in [3.63, 3.8) is 0 Å². The molecule has 0 radical (unpaired) electrons. The molecule has 1 aliphatic rings. The van der Waals surface area contributed by atoms with Crippen LogP contribution in [0.1, 0.15) is 10.4 Å². The maximum Gasteiger partial charge on any atom is 0.337 e. The number of carbonyl (C=O) groups is 1. The Morgan fingerprint density at radius 1 is 1.37 bits per heavy atom. The lowest BCUT2D eigenvalue weighted by atomic mass is 10.2. The van der Waals surface area contributed by atoms with Crippen LogP contribution in [0.15, 0.2) is 24.4 Å². The first-order valence-electron chi connectivity index (χ1n) is 8.54. The number of hydrogen-bond acceptors (Lipinski definition) is 9. The van der Waals surface area contributed by atoms with E-state index in [2.05, 4.69) is 30.7 Å². The minimum Gasteiger partial charge on any atom is -0.465 e. The molecule has 0 atom stereocenters. The summed E-state index contributed by atoms with van der Waals surface area (Å²) in [6.45, 7) is 4.96. The summed E-state index contributed by atoms with van der Waals surface area (Å²) >= 11 is 6.19. The summed E-state index contributed by atoms with van der Waals surface area (Å²) in [6, 6.07) is 4.81. The fourth-order valence-corrected chi connectivity index (χ4v) is 2.76. The average Bonchev–Trinajstić information content (AvgIpc) is 2.70. The zero-order chi connectivity index (χ0) is 19.1. The van der Waals surface area contributed by atoms with E-state index in [1.54, 1.807) is 18.2 Å². The number of esters is 1. The number of halogens is 1. The molecule has 1 aliphatic heterocycles. The first-order valence-corrected chi connectivity index (χ1v) is 8.92. The molecular weight excluding hydrogens is 372 g/mol. The molecule has 1 aromatic heterocycles. The third-order valence-electron chi connectivity index (χ3n) is 4.02. The van der Waals surface area contributed by atoms with Crippen molar-refractivity contribution in [1.29, 1.82) is 0 Å². The molecule has 0 bridgehead atoms. The summed E-state index contributed by atoms with van der Waals surface area (Å²) in [6.07, 6.45) is 1.48. The molecule has 0 amide bonds. The highest BCUT2D eigenvalue weighted by Crippen LogP contribution is 2.26. The van der Waals surface area contributed by atoms with Crippen LogP contribution >= 0.6 is 11.6 Å². The van der Waals surface area contributed by atoms with Crippen molar-refractivity contribution in [2.45, 2.75) is 0 Å². The first kappa shape index (κ1) is 19.3. The summed E-state index contributed by atoms with van der Waals surface area (Å²) in [5, 5.41) is 14.6. The van der Waals surface area contributed by atoms with Gasteiger partial charge in [0.1, 0.15) is 0 Å². The molecule has 1 saturated heterocycles. The van der Waals surface area contributed by atoms with Gasteiger partial charge in [-0.15, -0.1) is 5.10 Å². The van der Waals surface area contributed by atoms with E-state index in [0.29, 0.717) is 34.6 Å². The summed E-state index contributed by atoms with van der Waals surface area (Å²) in [5.74, 6) is 0.428. The van der Waals surface area contributed by atoms with Crippen LogP contribution in [0.2, 0.25) is 5.02 Å². The van der Waals surface area contributed by atoms with Crippen molar-refractivity contribution >= 4 is 35.0 Å². The second-order valence-corrected chi connectivity index (χ2v) is 6.26. The molecule has 2 aromatic rings. The van der Waals surface area contributed by atoms with Crippen LogP contribution < -0.4 is 10.6 Å². The van der Waals surface area contributed by atoms with E-state index in [1.165, 1.54) is 13.3 Å². The van der Waals surface area contributed by atoms with Gasteiger partial charge in [0.25, 0.3) is 0 Å². The van der Waals surface area contributed by atoms with E-state index in [0.717, 1.165) is 32.8 Å². The van der Waals surface area contributed by atoms with Gasteiger partial charge in [-0.05, 0) is 18.2 Å². The Labute approximate surface area is 162 Å². The number of anilines is 3. The molecule has 9 nitrogen and oxygen atoms in total. The van der Waals surface area contributed by atoms with Crippen LogP contribution in [0.4, 0.5) is 17.5 Å². The van der Waals surface area contributed by atoms with E-state index in [4.69, 9.17) is 21.1 Å². The molecular formula is C17H21ClN6O3. The average molecular weight is 393 g/mol. The van der Waals surface area contributed by atoms with Crippen LogP contribution in [-0.2, 0) is 9.47 Å². The lowest BCUT2D eigenvalue weighted by molar-refractivity contribution is 0.0398. The normalized spacial score (nSPS) is 14.6. The Balaban J connectivity index is 1.61. The number of hydrogen-bond donors (Lipinski definition) is 2. The topological polar surface area (TPSA) is 102 Å². The molecule has 0 spiro atoms. The highest BCUT2D eigenvalue weighted by molar-refractivity contribution is 6.33. The second kappa shape index (κ2) is 9.45. The summed E-state index contributed by atoms with van der Waals surface area (Å²) in [5.41, 5.74) is 0.912. The Bertz CT molecular complexity index is 785. The maximum atomic E-state index is 11.7. The number of methoxy groups -OCH3 is 1. The van der Waals surface area contributed by atoms with Gasteiger partial charge >= 0.3 is 5.97 Å². The predicted octanol–water partition coefficient (Wildman–Crippen LogP) is 1.80. The Morgan fingerprint density at radius 3 is 2.96 bits per heavy atom. The fraction of sp³-hybridized carbons (Fsp3) is 0.412. The van der Waals surface area contributed by atoms with Crippen LogP contribution in [0.3, 0.4) is 0 Å². The minimum atomic E-state index is -0.444. The van der Waals surface area contributed by atoms with E-state index in [-0.39, 0.29) is 0 Å². The van der Waals surface area contributed by atoms with Crippen molar-refractivity contribution in [3.05, 3.63) is 35.0 Å². The van der Waals surface area contributed by atoms with E-state index in [1.807, 2.05) is 0 Å². The number of carbonyl (C=O) groups excluding carboxylic acids is 1. The van der Waals surface area contributed by atoms with Crippen molar-refractivity contribution in [2.75, 3.05) is 57.1 Å². The number of nitrogens with one attached hydrogen (secondary N) is 2. The SMILES string of the molecule is COC(=O)c1ccc(Cl)c(Nc2cnnc(NCCN3CCOCC3)n2)c1. The Kier molecular flexibility index (Phi) is 6.74. The molecule has 0 saturated carbocycles. The summed E-state index contributed by atoms with van der Waals surface area (Å²) in [4.78, 5) is 18.4. The molecule has 0 aliphatic carbocycles. The lowest BCUT2D eigenvalue weighted by Gasteiger charge is -2.26. The van der Waals surface area contributed by atoms with Gasteiger partial charge in [0.05, 0.1) is 42.8 Å². The number of morpholine rings is 1. The van der Waals surface area contributed by atoms with Gasteiger partial charge in [-0.1, -0.05) is 11.6 Å². The van der Waals surface area contributed by atoms with Gasteiger partial charge in [0.15, 0.2) is 5.82 Å². The highest BCUT2D eigenvalue weighted by Gasteiger charge is 2.11. The molecule has 0 unspecified atom stereocenters. The van der Waals surface area contributed by atoms with E-state index < -0.39 is 5.97 Å². The summed E-state index contributed by atoms with van der Waals surface area (Å²) in [7, 11) is 1.33. The van der Waals surface area contributed by atoms with E-state index >= 15 is 0 Å². The predicted molar refractivity (Wildman–Crippen MR) is 102 cm³/mol. The van der Waals surface area contributed by atoms with Crippen molar-refractivity contribution in [2.24, 2.45) is 0 Å². The molecule has 1 fully saturated rings. The number of rotatable bonds is 7. The molecule has 2 heterocycles. The largest absolute Gasteiger partial charge is 0.465 e. The maximum absolute atomic E-state index is 11.7. The first-order chi connectivity index (χ1) is 13.2.